The Bertz CT molecular complexity index is 5890. The van der Waals surface area contributed by atoms with Gasteiger partial charge in [-0.1, -0.05) is 157 Å². The van der Waals surface area contributed by atoms with Gasteiger partial charge in [0, 0.05) is 65.6 Å². The first-order chi connectivity index (χ1) is 50.9. The third-order valence-corrected chi connectivity index (χ3v) is 21.1. The van der Waals surface area contributed by atoms with E-state index in [0.29, 0.717) is 34.0 Å². The lowest BCUT2D eigenvalue weighted by Crippen LogP contribution is -2.37. The highest BCUT2D eigenvalue weighted by atomic mass is 15.2. The van der Waals surface area contributed by atoms with Crippen molar-refractivity contribution in [2.24, 2.45) is 11.8 Å². The van der Waals surface area contributed by atoms with Crippen LogP contribution in [0.25, 0.3) is 98.4 Å². The average molecular weight is 1130 g/mol. The molecule has 6 fully saturated rings. The molecule has 11 aromatic carbocycles. The highest BCUT2D eigenvalue weighted by Crippen LogP contribution is 2.57. The molecule has 0 amide bonds. The Morgan fingerprint density at radius 3 is 1.10 bits per heavy atom. The smallest absolute Gasteiger partial charge is 0.0645 e. The van der Waals surface area contributed by atoms with Gasteiger partial charge in [0.2, 0.25) is 0 Å². The van der Waals surface area contributed by atoms with Crippen LogP contribution in [0.5, 0.6) is 0 Å². The van der Waals surface area contributed by atoms with Gasteiger partial charge in [0.1, 0.15) is 0 Å². The molecule has 15 aromatic rings. The summed E-state index contributed by atoms with van der Waals surface area (Å²) in [5.74, 6) is 1.35. The van der Waals surface area contributed by atoms with Crippen molar-refractivity contribution in [3.63, 3.8) is 0 Å². The normalized spacial score (nSPS) is 23.6. The number of rotatable bonds is 10. The maximum Gasteiger partial charge on any atom is 0.0645 e. The lowest BCUT2D eigenvalue weighted by Gasteiger charge is -2.47. The van der Waals surface area contributed by atoms with Crippen LogP contribution in [0.2, 0.25) is 0 Å². The number of fused-ring (bicyclic) bond motifs is 18. The Kier molecular flexibility index (Phi) is 7.20. The zero-order valence-corrected chi connectivity index (χ0v) is 47.0. The minimum atomic E-state index is -0.604. The third-order valence-electron chi connectivity index (χ3n) is 21.1. The van der Waals surface area contributed by atoms with E-state index in [1.807, 2.05) is 24.3 Å². The number of aromatic nitrogens is 2. The minimum Gasteiger partial charge on any atom is -0.309 e. The molecule has 0 spiro atoms. The van der Waals surface area contributed by atoms with Crippen molar-refractivity contribution in [3.8, 4) is 22.3 Å². The van der Waals surface area contributed by atoms with Crippen LogP contribution in [0.3, 0.4) is 0 Å². The average Bonchev–Trinajstić information content (AvgIpc) is 1.51. The van der Waals surface area contributed by atoms with E-state index in [2.05, 4.69) is 57.3 Å². The van der Waals surface area contributed by atoms with Gasteiger partial charge in [-0.05, 0) is 207 Å². The molecule has 6 saturated carbocycles. The molecular formula is C82H66N4. The highest BCUT2D eigenvalue weighted by molar-refractivity contribution is 6.32. The zero-order valence-electron chi connectivity index (χ0n) is 67.0. The van der Waals surface area contributed by atoms with Gasteiger partial charge in [0.15, 0.2) is 0 Å². The second kappa shape index (κ2) is 18.6. The van der Waals surface area contributed by atoms with E-state index in [1.165, 1.54) is 11.1 Å². The molecule has 0 radical (unpaired) electrons. The molecule has 4 heteroatoms. The zero-order chi connectivity index (χ0) is 73.6. The monoisotopic (exact) mass is 1130 g/mol. The summed E-state index contributed by atoms with van der Waals surface area (Å²) in [7, 11) is 0. The van der Waals surface area contributed by atoms with E-state index in [4.69, 9.17) is 11.0 Å². The number of benzene rings is 11. The predicted octanol–water partition coefficient (Wildman–Crippen LogP) is 22.7. The van der Waals surface area contributed by atoms with Gasteiger partial charge in [-0.15, -0.1) is 0 Å². The Morgan fingerprint density at radius 1 is 0.337 bits per heavy atom. The van der Waals surface area contributed by atoms with E-state index in [-0.39, 0.29) is 55.8 Å². The summed E-state index contributed by atoms with van der Waals surface area (Å²) in [5.41, 5.74) is 7.84. The van der Waals surface area contributed by atoms with Crippen LogP contribution in [-0.4, -0.2) is 8.80 Å². The van der Waals surface area contributed by atoms with Gasteiger partial charge in [0.05, 0.1) is 83.3 Å². The Hall–Kier alpha value is -9.38. The van der Waals surface area contributed by atoms with Crippen molar-refractivity contribution >= 4 is 110 Å². The van der Waals surface area contributed by atoms with E-state index in [1.54, 1.807) is 58.3 Å². The lowest BCUT2D eigenvalue weighted by atomic mass is 9.58. The summed E-state index contributed by atoms with van der Waals surface area (Å²) >= 11 is 0. The maximum absolute atomic E-state index is 9.78. The maximum atomic E-state index is 9.78. The summed E-state index contributed by atoms with van der Waals surface area (Å²) in [6.45, 7) is 0. The Labute approximate surface area is 529 Å². The minimum absolute atomic E-state index is 0.109. The fourth-order valence-corrected chi connectivity index (χ4v) is 17.0. The molecule has 4 nitrogen and oxygen atoms in total. The van der Waals surface area contributed by atoms with Crippen LogP contribution in [-0.2, 0) is 10.8 Å². The molecular weight excluding hydrogens is 1040 g/mol. The van der Waals surface area contributed by atoms with Crippen molar-refractivity contribution in [2.75, 3.05) is 9.80 Å². The standard InChI is InChI=1S/C82H66N4/c1-5-17-55(18-6-1)61-25-13-15-27-69(61)83(59-21-9-3-10-22-59)73-35-31-63-65-51-76-66(52-75(65)85-71-33-29-57(49-67(71)77(73)79(63)85)81-43-37-53(38-44-81)39-45-81)64-32-36-74(84(60-23-11-4-12-24-60)70-28-16-14-26-62(70)56-19-7-2-8-20-56)78-68-50-58(30-34-72(68)86(76)80(64)78)82-46-40-54(41-47-82)42-48-82/h1-36,49-54H,37-48H2/i1D,2D,3D,4D,5D,6D,7D,8D,9D,10D,11D,12D,17D,18D,19D,20D,21D,22D,23D,24D. The van der Waals surface area contributed by atoms with Crippen LogP contribution in [0.4, 0.5) is 34.1 Å². The Balaban J connectivity index is 0.938. The Morgan fingerprint density at radius 2 is 0.709 bits per heavy atom. The first kappa shape index (κ1) is 33.3. The molecule has 21 rings (SSSR count). The SMILES string of the molecule is [2H]c1c([2H])c([2H])c(-c2ccccc2N(c2c([2H])c([2H])c([2H])c([2H])c2[2H])c2ccc3c4cc5c(cc4n4c6ccc(C78CCC(CC7)CC8)cc6c2c34)c2ccc(N(c3ccccc3-c3c([2H])c([2H])c([2H])c([2H])c3[2H])c3c([2H])c([2H])c([2H])c([2H])c3[2H])c3c4cc(C67CCC(CC6)CC7)ccc4n5c23)c([2H])c1[2H]. The number of hydrogen-bond acceptors (Lipinski definition) is 2. The molecule has 86 heavy (non-hydrogen) atoms. The molecule has 0 saturated heterocycles. The molecule has 0 atom stereocenters. The van der Waals surface area contributed by atoms with Crippen molar-refractivity contribution in [3.05, 3.63) is 253 Å². The predicted molar refractivity (Wildman–Crippen MR) is 362 cm³/mol. The van der Waals surface area contributed by atoms with Crippen LogP contribution in [0, 0.1) is 11.8 Å². The molecule has 0 unspecified atom stereocenters. The van der Waals surface area contributed by atoms with Crippen molar-refractivity contribution in [1.29, 1.82) is 0 Å². The van der Waals surface area contributed by atoms with E-state index >= 15 is 0 Å². The van der Waals surface area contributed by atoms with Crippen LogP contribution in [0.1, 0.15) is 116 Å². The summed E-state index contributed by atoms with van der Waals surface area (Å²) in [4.78, 5) is 3.25. The topological polar surface area (TPSA) is 15.3 Å². The summed E-state index contributed by atoms with van der Waals surface area (Å²) < 4.78 is 188. The highest BCUT2D eigenvalue weighted by Gasteiger charge is 2.43. The molecule has 0 aliphatic heterocycles. The molecule has 6 aliphatic rings. The summed E-state index contributed by atoms with van der Waals surface area (Å²) in [5, 5.41) is 6.37. The van der Waals surface area contributed by atoms with Gasteiger partial charge in [0.25, 0.3) is 0 Å². The quantitative estimate of drug-likeness (QED) is 0.136. The molecule has 4 heterocycles. The second-order valence-corrected chi connectivity index (χ2v) is 24.9. The van der Waals surface area contributed by atoms with Crippen molar-refractivity contribution in [1.82, 2.24) is 8.80 Å². The number of hydrogen-bond donors (Lipinski definition) is 0. The van der Waals surface area contributed by atoms with Crippen molar-refractivity contribution < 1.29 is 27.4 Å². The number of nitrogens with zero attached hydrogens (tertiary/aromatic N) is 4. The molecule has 6 aliphatic carbocycles. The molecule has 414 valence electrons. The largest absolute Gasteiger partial charge is 0.309 e. The third kappa shape index (κ3) is 6.99. The van der Waals surface area contributed by atoms with Gasteiger partial charge in [-0.2, -0.15) is 0 Å². The summed E-state index contributed by atoms with van der Waals surface area (Å²) in [6.07, 6.45) is 12.8. The van der Waals surface area contributed by atoms with Gasteiger partial charge in [-0.3, -0.25) is 0 Å². The van der Waals surface area contributed by atoms with Crippen molar-refractivity contribution in [2.45, 2.75) is 87.9 Å². The van der Waals surface area contributed by atoms with E-state index in [9.17, 15) is 16.4 Å². The molecule has 4 aromatic heterocycles. The van der Waals surface area contributed by atoms with Gasteiger partial charge in [-0.25, -0.2) is 0 Å². The van der Waals surface area contributed by atoms with Crippen LogP contribution in [0.15, 0.2) is 242 Å². The first-order valence-electron chi connectivity index (χ1n) is 40.4. The van der Waals surface area contributed by atoms with Gasteiger partial charge < -0.3 is 18.6 Å². The molecule has 0 N–H and O–H groups in total. The fourth-order valence-electron chi connectivity index (χ4n) is 17.0. The molecule has 4 bridgehead atoms. The lowest BCUT2D eigenvalue weighted by molar-refractivity contribution is 0.136. The summed E-state index contributed by atoms with van der Waals surface area (Å²) in [6, 6.07) is 28.1. The number of para-hydroxylation sites is 4. The first-order valence-corrected chi connectivity index (χ1v) is 30.4. The second-order valence-electron chi connectivity index (χ2n) is 24.9. The van der Waals surface area contributed by atoms with Gasteiger partial charge >= 0.3 is 0 Å². The van der Waals surface area contributed by atoms with Crippen LogP contribution >= 0.6 is 0 Å². The van der Waals surface area contributed by atoms with E-state index in [0.717, 1.165) is 142 Å². The number of anilines is 6. The van der Waals surface area contributed by atoms with E-state index < -0.39 is 121 Å². The fraction of sp³-hybridized carbons (Fsp3) is 0.195. The van der Waals surface area contributed by atoms with Crippen LogP contribution < -0.4 is 9.80 Å².